The Labute approximate surface area is 105 Å². The third-order valence-corrected chi connectivity index (χ3v) is 2.48. The number of carbonyl (C=O) groups is 2. The molecule has 98 valence electrons. The van der Waals surface area contributed by atoms with Crippen LogP contribution in [0.25, 0.3) is 0 Å². The summed E-state index contributed by atoms with van der Waals surface area (Å²) in [6.07, 6.45) is 0.220. The van der Waals surface area contributed by atoms with Gasteiger partial charge in [-0.25, -0.2) is 0 Å². The van der Waals surface area contributed by atoms with Crippen molar-refractivity contribution in [2.75, 3.05) is 13.2 Å². The molecule has 18 heavy (non-hydrogen) atoms. The minimum Gasteiger partial charge on any atom is -0.481 e. The molecule has 0 aliphatic carbocycles. The zero-order chi connectivity index (χ0) is 13.4. The maximum atomic E-state index is 12.1. The zero-order valence-corrected chi connectivity index (χ0v) is 10.0. The van der Waals surface area contributed by atoms with E-state index in [0.717, 1.165) is 0 Å². The van der Waals surface area contributed by atoms with Gasteiger partial charge in [-0.1, -0.05) is 30.3 Å². The second-order valence-corrected chi connectivity index (χ2v) is 3.91. The van der Waals surface area contributed by atoms with Crippen LogP contribution in [0.3, 0.4) is 0 Å². The molecule has 3 N–H and O–H groups in total. The standard InChI is InChI=1S/C13H17NO4/c15-8-4-7-14-11(9-12(16)17)13(18)10-5-2-1-3-6-10/h1-3,5-6,11,14-15H,4,7-9H2,(H,16,17). The smallest absolute Gasteiger partial charge is 0.305 e. The average molecular weight is 251 g/mol. The van der Waals surface area contributed by atoms with Gasteiger partial charge in [0.25, 0.3) is 0 Å². The lowest BCUT2D eigenvalue weighted by Gasteiger charge is -2.15. The highest BCUT2D eigenvalue weighted by atomic mass is 16.4. The number of ketones is 1. The van der Waals surface area contributed by atoms with Crippen LogP contribution in [0.1, 0.15) is 23.2 Å². The van der Waals surface area contributed by atoms with E-state index >= 15 is 0 Å². The summed E-state index contributed by atoms with van der Waals surface area (Å²) in [5.74, 6) is -1.27. The summed E-state index contributed by atoms with van der Waals surface area (Å²) >= 11 is 0. The second kappa shape index (κ2) is 7.58. The number of aliphatic carboxylic acids is 1. The molecule has 1 aromatic carbocycles. The van der Waals surface area contributed by atoms with Crippen LogP contribution in [0.2, 0.25) is 0 Å². The number of benzene rings is 1. The summed E-state index contributed by atoms with van der Waals surface area (Å²) in [6.45, 7) is 0.416. The Balaban J connectivity index is 2.69. The Morgan fingerprint density at radius 3 is 2.44 bits per heavy atom. The number of carboxylic acid groups (broad SMARTS) is 1. The van der Waals surface area contributed by atoms with Crippen LogP contribution in [-0.2, 0) is 4.79 Å². The lowest BCUT2D eigenvalue weighted by atomic mass is 10.0. The third-order valence-electron chi connectivity index (χ3n) is 2.48. The molecule has 0 aliphatic rings. The van der Waals surface area contributed by atoms with Gasteiger partial charge in [-0.05, 0) is 13.0 Å². The number of carbonyl (C=O) groups excluding carboxylic acids is 1. The summed E-state index contributed by atoms with van der Waals surface area (Å²) in [6, 6.07) is 7.83. The van der Waals surface area contributed by atoms with Gasteiger partial charge in [0.15, 0.2) is 5.78 Å². The van der Waals surface area contributed by atoms with Crippen LogP contribution in [0.4, 0.5) is 0 Å². The van der Waals surface area contributed by atoms with Crippen LogP contribution < -0.4 is 5.32 Å². The molecule has 0 saturated carbocycles. The molecule has 5 heteroatoms. The summed E-state index contributed by atoms with van der Waals surface area (Å²) in [5.41, 5.74) is 0.486. The van der Waals surface area contributed by atoms with Crippen molar-refractivity contribution in [2.24, 2.45) is 0 Å². The van der Waals surface area contributed by atoms with Crippen LogP contribution >= 0.6 is 0 Å². The van der Waals surface area contributed by atoms with E-state index in [1.165, 1.54) is 0 Å². The van der Waals surface area contributed by atoms with E-state index in [1.807, 2.05) is 0 Å². The fourth-order valence-corrected chi connectivity index (χ4v) is 1.59. The van der Waals surface area contributed by atoms with Gasteiger partial charge in [0.1, 0.15) is 0 Å². The molecule has 0 bridgehead atoms. The number of Topliss-reactive ketones (excluding diaryl/α,β-unsaturated/α-hetero) is 1. The van der Waals surface area contributed by atoms with Crippen molar-refractivity contribution in [3.63, 3.8) is 0 Å². The van der Waals surface area contributed by atoms with E-state index < -0.39 is 12.0 Å². The van der Waals surface area contributed by atoms with Gasteiger partial charge < -0.3 is 15.5 Å². The van der Waals surface area contributed by atoms with E-state index in [2.05, 4.69) is 5.32 Å². The molecule has 1 unspecified atom stereocenters. The summed E-state index contributed by atoms with van der Waals surface area (Å²) < 4.78 is 0. The normalized spacial score (nSPS) is 12.1. The predicted octanol–water partition coefficient (Wildman–Crippen LogP) is 0.685. The first-order chi connectivity index (χ1) is 8.65. The van der Waals surface area contributed by atoms with Crippen LogP contribution in [0, 0.1) is 0 Å². The molecule has 1 rings (SSSR count). The first-order valence-electron chi connectivity index (χ1n) is 5.80. The van der Waals surface area contributed by atoms with Gasteiger partial charge in [0.2, 0.25) is 0 Å². The molecule has 0 radical (unpaired) electrons. The molecule has 0 spiro atoms. The molecule has 5 nitrogen and oxygen atoms in total. The van der Waals surface area contributed by atoms with Crippen molar-refractivity contribution >= 4 is 11.8 Å². The molecule has 0 amide bonds. The van der Waals surface area contributed by atoms with Crippen molar-refractivity contribution in [3.05, 3.63) is 35.9 Å². The maximum absolute atomic E-state index is 12.1. The molecule has 0 aromatic heterocycles. The monoisotopic (exact) mass is 251 g/mol. The summed E-state index contributed by atoms with van der Waals surface area (Å²) in [4.78, 5) is 22.8. The molecular weight excluding hydrogens is 234 g/mol. The summed E-state index contributed by atoms with van der Waals surface area (Å²) in [5, 5.41) is 20.3. The molecule has 0 aliphatic heterocycles. The maximum Gasteiger partial charge on any atom is 0.305 e. The topological polar surface area (TPSA) is 86.6 Å². The van der Waals surface area contributed by atoms with Crippen molar-refractivity contribution in [2.45, 2.75) is 18.9 Å². The van der Waals surface area contributed by atoms with Crippen molar-refractivity contribution in [1.29, 1.82) is 0 Å². The first-order valence-corrected chi connectivity index (χ1v) is 5.80. The van der Waals surface area contributed by atoms with Crippen molar-refractivity contribution in [1.82, 2.24) is 5.32 Å². The Bertz CT molecular complexity index is 391. The number of rotatable bonds is 8. The van der Waals surface area contributed by atoms with Crippen molar-refractivity contribution in [3.8, 4) is 0 Å². The van der Waals surface area contributed by atoms with E-state index in [9.17, 15) is 9.59 Å². The molecule has 1 atom stereocenters. The number of nitrogens with one attached hydrogen (secondary N) is 1. The van der Waals surface area contributed by atoms with E-state index in [0.29, 0.717) is 18.5 Å². The lowest BCUT2D eigenvalue weighted by Crippen LogP contribution is -2.39. The van der Waals surface area contributed by atoms with E-state index in [4.69, 9.17) is 10.2 Å². The highest BCUT2D eigenvalue weighted by Crippen LogP contribution is 2.06. The Morgan fingerprint density at radius 1 is 1.22 bits per heavy atom. The minimum absolute atomic E-state index is 0.00627. The fraction of sp³-hybridized carbons (Fsp3) is 0.385. The predicted molar refractivity (Wildman–Crippen MR) is 66.5 cm³/mol. The Morgan fingerprint density at radius 2 is 1.89 bits per heavy atom. The van der Waals surface area contributed by atoms with Gasteiger partial charge in [0, 0.05) is 12.2 Å². The molecule has 0 heterocycles. The Hall–Kier alpha value is -1.72. The van der Waals surface area contributed by atoms with Gasteiger partial charge >= 0.3 is 5.97 Å². The zero-order valence-electron chi connectivity index (χ0n) is 10.0. The molecule has 1 aromatic rings. The van der Waals surface area contributed by atoms with E-state index in [1.54, 1.807) is 30.3 Å². The molecule has 0 saturated heterocycles. The first kappa shape index (κ1) is 14.3. The van der Waals surface area contributed by atoms with Crippen LogP contribution in [-0.4, -0.2) is 41.2 Å². The number of aliphatic hydroxyl groups excluding tert-OH is 1. The lowest BCUT2D eigenvalue weighted by molar-refractivity contribution is -0.137. The fourth-order valence-electron chi connectivity index (χ4n) is 1.59. The SMILES string of the molecule is O=C(O)CC(NCCCO)C(=O)c1ccccc1. The van der Waals surface area contributed by atoms with E-state index in [-0.39, 0.29) is 18.8 Å². The number of hydrogen-bond donors (Lipinski definition) is 3. The van der Waals surface area contributed by atoms with Gasteiger partial charge in [0.05, 0.1) is 12.5 Å². The number of carboxylic acids is 1. The highest BCUT2D eigenvalue weighted by Gasteiger charge is 2.21. The molecule has 0 fully saturated rings. The highest BCUT2D eigenvalue weighted by molar-refractivity contribution is 6.01. The van der Waals surface area contributed by atoms with Crippen LogP contribution in [0.5, 0.6) is 0 Å². The van der Waals surface area contributed by atoms with Gasteiger partial charge in [-0.3, -0.25) is 9.59 Å². The minimum atomic E-state index is -1.03. The Kier molecular flexibility index (Phi) is 6.04. The second-order valence-electron chi connectivity index (χ2n) is 3.91. The number of aliphatic hydroxyl groups is 1. The summed E-state index contributed by atoms with van der Waals surface area (Å²) in [7, 11) is 0. The third kappa shape index (κ3) is 4.65. The van der Waals surface area contributed by atoms with Crippen LogP contribution in [0.15, 0.2) is 30.3 Å². The van der Waals surface area contributed by atoms with Crippen molar-refractivity contribution < 1.29 is 19.8 Å². The van der Waals surface area contributed by atoms with Gasteiger partial charge in [-0.2, -0.15) is 0 Å². The quantitative estimate of drug-likeness (QED) is 0.467. The average Bonchev–Trinajstić information content (AvgIpc) is 2.37. The van der Waals surface area contributed by atoms with Gasteiger partial charge in [-0.15, -0.1) is 0 Å². The molecular formula is C13H17NO4. The number of hydrogen-bond acceptors (Lipinski definition) is 4. The largest absolute Gasteiger partial charge is 0.481 e.